The van der Waals surface area contributed by atoms with E-state index in [2.05, 4.69) is 22.2 Å². The molecule has 1 heterocycles. The van der Waals surface area contributed by atoms with Gasteiger partial charge >= 0.3 is 0 Å². The van der Waals surface area contributed by atoms with Gasteiger partial charge < -0.3 is 20.2 Å². The molecule has 2 N–H and O–H groups in total. The normalized spacial score (nSPS) is 14.4. The number of nitrogens with one attached hydrogen (secondary N) is 1. The highest BCUT2D eigenvalue weighted by molar-refractivity contribution is 6.07. The number of carbonyl (C=O) groups excluding carboxylic acids is 2. The predicted octanol–water partition coefficient (Wildman–Crippen LogP) is 5.37. The van der Waals surface area contributed by atoms with E-state index in [0.717, 1.165) is 49.1 Å². The van der Waals surface area contributed by atoms with Crippen LogP contribution >= 0.6 is 0 Å². The average molecular weight is 494 g/mol. The highest BCUT2D eigenvalue weighted by Crippen LogP contribution is 2.29. The second-order valence-electron chi connectivity index (χ2n) is 9.62. The van der Waals surface area contributed by atoms with Gasteiger partial charge in [-0.05, 0) is 72.7 Å². The zero-order chi connectivity index (χ0) is 25.8. The number of benzene rings is 4. The van der Waals surface area contributed by atoms with Crippen LogP contribution in [0.15, 0.2) is 84.9 Å². The molecule has 0 aliphatic carbocycles. The Morgan fingerprint density at radius 3 is 2.38 bits per heavy atom. The lowest BCUT2D eigenvalue weighted by atomic mass is 9.98. The summed E-state index contributed by atoms with van der Waals surface area (Å²) in [5.74, 6) is -0.482. The lowest BCUT2D eigenvalue weighted by Crippen LogP contribution is -2.28. The molecule has 1 fully saturated rings. The molecule has 6 nitrogen and oxygen atoms in total. The van der Waals surface area contributed by atoms with E-state index in [4.69, 9.17) is 0 Å². The van der Waals surface area contributed by atoms with E-state index < -0.39 is 0 Å². The molecule has 0 atom stereocenters. The highest BCUT2D eigenvalue weighted by Gasteiger charge is 2.18. The molecular formula is C31H31N3O3. The Hall–Kier alpha value is -4.16. The first-order chi connectivity index (χ1) is 18.0. The molecule has 0 spiro atoms. The lowest BCUT2D eigenvalue weighted by Gasteiger charge is -2.23. The van der Waals surface area contributed by atoms with Crippen LogP contribution in [0.25, 0.3) is 10.8 Å². The molecule has 188 valence electrons. The molecular weight excluding hydrogens is 462 g/mol. The van der Waals surface area contributed by atoms with E-state index >= 15 is 0 Å². The molecule has 0 saturated carbocycles. The molecule has 0 bridgehead atoms. The number of para-hydroxylation sites is 1. The van der Waals surface area contributed by atoms with Gasteiger partial charge in [-0.2, -0.15) is 0 Å². The molecule has 4 aromatic rings. The van der Waals surface area contributed by atoms with Crippen molar-refractivity contribution in [3.8, 4) is 5.75 Å². The third-order valence-electron chi connectivity index (χ3n) is 7.00. The molecule has 1 aliphatic rings. The number of fused-ring (bicyclic) bond motifs is 1. The monoisotopic (exact) mass is 493 g/mol. The third kappa shape index (κ3) is 5.65. The molecule has 0 aromatic heterocycles. The number of hydrogen-bond acceptors (Lipinski definition) is 5. The van der Waals surface area contributed by atoms with Gasteiger partial charge in [-0.15, -0.1) is 0 Å². The number of likely N-dealkylation sites (N-methyl/N-ethyl adjacent to an activating group) is 1. The molecule has 5 rings (SSSR count). The number of phenols is 1. The Bertz CT molecular complexity index is 1430. The smallest absolute Gasteiger partial charge is 0.255 e. The van der Waals surface area contributed by atoms with Crippen molar-refractivity contribution in [3.63, 3.8) is 0 Å². The molecule has 0 unspecified atom stereocenters. The number of aromatic hydroxyl groups is 1. The minimum absolute atomic E-state index is 0.0602. The fraction of sp³-hybridized carbons (Fsp3) is 0.226. The van der Waals surface area contributed by atoms with Gasteiger partial charge in [0.2, 0.25) is 0 Å². The predicted molar refractivity (Wildman–Crippen MR) is 149 cm³/mol. The number of anilines is 2. The Kier molecular flexibility index (Phi) is 7.19. The molecule has 0 radical (unpaired) electrons. The van der Waals surface area contributed by atoms with Gasteiger partial charge in [0.1, 0.15) is 5.75 Å². The van der Waals surface area contributed by atoms with Gasteiger partial charge in [0.15, 0.2) is 5.78 Å². The quantitative estimate of drug-likeness (QED) is 0.279. The van der Waals surface area contributed by atoms with E-state index in [1.165, 1.54) is 6.07 Å². The zero-order valence-electron chi connectivity index (χ0n) is 21.0. The average Bonchev–Trinajstić information content (AvgIpc) is 3.14. The van der Waals surface area contributed by atoms with Crippen LogP contribution in [0.4, 0.5) is 11.4 Å². The summed E-state index contributed by atoms with van der Waals surface area (Å²) in [6.07, 6.45) is 1.16. The van der Waals surface area contributed by atoms with Crippen LogP contribution in [0.5, 0.6) is 5.75 Å². The maximum Gasteiger partial charge on any atom is 0.255 e. The van der Waals surface area contributed by atoms with Crippen LogP contribution < -0.4 is 10.2 Å². The number of rotatable bonds is 6. The van der Waals surface area contributed by atoms with Gasteiger partial charge in [-0.1, -0.05) is 48.5 Å². The van der Waals surface area contributed by atoms with Crippen LogP contribution in [-0.2, 0) is 6.42 Å². The highest BCUT2D eigenvalue weighted by atomic mass is 16.3. The zero-order valence-corrected chi connectivity index (χ0v) is 21.0. The van der Waals surface area contributed by atoms with Crippen LogP contribution in [0, 0.1) is 0 Å². The largest absolute Gasteiger partial charge is 0.506 e. The van der Waals surface area contributed by atoms with Crippen LogP contribution in [-0.4, -0.2) is 54.9 Å². The number of nitrogens with zero attached hydrogens (tertiary/aromatic N) is 2. The fourth-order valence-electron chi connectivity index (χ4n) is 4.83. The summed E-state index contributed by atoms with van der Waals surface area (Å²) in [4.78, 5) is 30.9. The molecule has 1 aliphatic heterocycles. The SMILES string of the molecule is CN1CCCN(c2ccc(C(=O)Nc3c(O)cccc3CC(=O)c3ccc4ccccc4c3)cc2)CC1. The van der Waals surface area contributed by atoms with Crippen LogP contribution in [0.1, 0.15) is 32.7 Å². The van der Waals surface area contributed by atoms with Crippen molar-refractivity contribution in [1.82, 2.24) is 4.90 Å². The van der Waals surface area contributed by atoms with Gasteiger partial charge in [-0.25, -0.2) is 0 Å². The van der Waals surface area contributed by atoms with Crippen molar-refractivity contribution in [2.75, 3.05) is 43.4 Å². The number of hydrogen-bond donors (Lipinski definition) is 2. The number of Topliss-reactive ketones (excluding diaryl/α,β-unsaturated/α-hetero) is 1. The second kappa shape index (κ2) is 10.8. The summed E-state index contributed by atoms with van der Waals surface area (Å²) in [5, 5.41) is 15.4. The van der Waals surface area contributed by atoms with E-state index in [1.54, 1.807) is 24.3 Å². The van der Waals surface area contributed by atoms with Crippen LogP contribution in [0.2, 0.25) is 0 Å². The van der Waals surface area contributed by atoms with Crippen molar-refractivity contribution < 1.29 is 14.7 Å². The molecule has 1 amide bonds. The lowest BCUT2D eigenvalue weighted by molar-refractivity contribution is 0.0989. The first kappa shape index (κ1) is 24.5. The summed E-state index contributed by atoms with van der Waals surface area (Å²) in [6.45, 7) is 4.04. The Morgan fingerprint density at radius 2 is 1.57 bits per heavy atom. The topological polar surface area (TPSA) is 72.9 Å². The second-order valence-corrected chi connectivity index (χ2v) is 9.62. The first-order valence-electron chi connectivity index (χ1n) is 12.7. The molecule has 37 heavy (non-hydrogen) atoms. The Morgan fingerprint density at radius 1 is 0.811 bits per heavy atom. The molecule has 1 saturated heterocycles. The van der Waals surface area contributed by atoms with Crippen molar-refractivity contribution in [3.05, 3.63) is 102 Å². The number of phenolic OH excluding ortho intramolecular Hbond substituents is 1. The van der Waals surface area contributed by atoms with Gasteiger partial charge in [0.05, 0.1) is 5.69 Å². The Balaban J connectivity index is 1.31. The van der Waals surface area contributed by atoms with Crippen LogP contribution in [0.3, 0.4) is 0 Å². The van der Waals surface area contributed by atoms with Crippen molar-refractivity contribution in [2.24, 2.45) is 0 Å². The third-order valence-corrected chi connectivity index (χ3v) is 7.00. The van der Waals surface area contributed by atoms with E-state index in [0.29, 0.717) is 16.7 Å². The minimum Gasteiger partial charge on any atom is -0.506 e. The first-order valence-corrected chi connectivity index (χ1v) is 12.7. The number of amides is 1. The molecule has 4 aromatic carbocycles. The van der Waals surface area contributed by atoms with E-state index in [1.807, 2.05) is 54.6 Å². The summed E-state index contributed by atoms with van der Waals surface area (Å²) < 4.78 is 0. The fourth-order valence-corrected chi connectivity index (χ4v) is 4.83. The van der Waals surface area contributed by atoms with Crippen molar-refractivity contribution in [2.45, 2.75) is 12.8 Å². The van der Waals surface area contributed by atoms with Crippen molar-refractivity contribution >= 4 is 33.8 Å². The van der Waals surface area contributed by atoms with Gasteiger partial charge in [0, 0.05) is 42.9 Å². The maximum atomic E-state index is 13.1. The van der Waals surface area contributed by atoms with E-state index in [-0.39, 0.29) is 29.5 Å². The number of ketones is 1. The maximum absolute atomic E-state index is 13.1. The standard InChI is InChI=1S/C31H31N3O3/c1-33-16-5-17-34(19-18-33)27-14-12-23(13-15-27)31(37)32-30-26(8-4-9-28(30)35)21-29(36)25-11-10-22-6-2-3-7-24(22)20-25/h2-4,6-15,20,35H,5,16-19,21H2,1H3,(H,32,37). The van der Waals surface area contributed by atoms with Gasteiger partial charge in [-0.3, -0.25) is 9.59 Å². The Labute approximate surface area is 217 Å². The van der Waals surface area contributed by atoms with Crippen molar-refractivity contribution in [1.29, 1.82) is 0 Å². The summed E-state index contributed by atoms with van der Waals surface area (Å²) >= 11 is 0. The molecule has 6 heteroatoms. The minimum atomic E-state index is -0.331. The summed E-state index contributed by atoms with van der Waals surface area (Å²) in [5.41, 5.74) is 3.01. The summed E-state index contributed by atoms with van der Waals surface area (Å²) in [6, 6.07) is 26.0. The van der Waals surface area contributed by atoms with Gasteiger partial charge in [0.25, 0.3) is 5.91 Å². The number of carbonyl (C=O) groups is 2. The van der Waals surface area contributed by atoms with E-state index in [9.17, 15) is 14.7 Å². The summed E-state index contributed by atoms with van der Waals surface area (Å²) in [7, 11) is 2.14.